The largest absolute Gasteiger partial charge is 0.463 e. The molecule has 0 aliphatic heterocycles. The highest BCUT2D eigenvalue weighted by atomic mass is 16.5. The minimum absolute atomic E-state index is 0.106. The molecule has 47 heavy (non-hydrogen) atoms. The second-order valence-corrected chi connectivity index (χ2v) is 12.8. The molecule has 0 bridgehead atoms. The van der Waals surface area contributed by atoms with Gasteiger partial charge in [-0.1, -0.05) is 117 Å². The molecule has 0 saturated carbocycles. The summed E-state index contributed by atoms with van der Waals surface area (Å²) in [4.78, 5) is 49.7. The number of ether oxygens (including phenoxy) is 3. The summed E-state index contributed by atoms with van der Waals surface area (Å²) in [6, 6.07) is -1.26. The number of unbranched alkanes of at least 4 members (excludes halogenated alkanes) is 15. The third-order valence-corrected chi connectivity index (χ3v) is 8.70. The molecule has 0 aromatic rings. The first-order chi connectivity index (χ1) is 22.7. The fourth-order valence-corrected chi connectivity index (χ4v) is 5.98. The van der Waals surface area contributed by atoms with Crippen LogP contribution in [0.25, 0.3) is 0 Å². The van der Waals surface area contributed by atoms with Crippen molar-refractivity contribution in [1.29, 1.82) is 0 Å². The van der Waals surface area contributed by atoms with Gasteiger partial charge >= 0.3 is 11.9 Å². The van der Waals surface area contributed by atoms with Gasteiger partial charge in [0.1, 0.15) is 0 Å². The van der Waals surface area contributed by atoms with Crippen LogP contribution in [-0.4, -0.2) is 61.3 Å². The molecule has 0 unspecified atom stereocenters. The van der Waals surface area contributed by atoms with Gasteiger partial charge < -0.3 is 24.8 Å². The number of amides is 2. The average Bonchev–Trinajstić information content (AvgIpc) is 3.05. The number of hydrogen-bond donors (Lipinski definition) is 2. The molecule has 0 spiro atoms. The van der Waals surface area contributed by atoms with Gasteiger partial charge in [0.2, 0.25) is 11.8 Å². The summed E-state index contributed by atoms with van der Waals surface area (Å²) in [7, 11) is 0. The average molecular weight is 663 g/mol. The summed E-state index contributed by atoms with van der Waals surface area (Å²) < 4.78 is 16.8. The summed E-state index contributed by atoms with van der Waals surface area (Å²) in [6.45, 7) is 9.92. The van der Waals surface area contributed by atoms with Gasteiger partial charge in [0, 0.05) is 31.1 Å². The molecule has 270 valence electrons. The zero-order chi connectivity index (χ0) is 34.7. The van der Waals surface area contributed by atoms with E-state index in [9.17, 15) is 19.2 Å². The molecule has 1 rings (SSSR count). The van der Waals surface area contributed by atoms with E-state index in [1.54, 1.807) is 13.0 Å². The van der Waals surface area contributed by atoms with Crippen molar-refractivity contribution >= 4 is 23.8 Å². The monoisotopic (exact) mass is 662 g/mol. The van der Waals surface area contributed by atoms with Crippen LogP contribution in [0.2, 0.25) is 0 Å². The van der Waals surface area contributed by atoms with Gasteiger partial charge in [-0.2, -0.15) is 0 Å². The van der Waals surface area contributed by atoms with Gasteiger partial charge in [-0.3, -0.25) is 9.59 Å². The molecule has 3 atom stereocenters. The first kappa shape index (κ1) is 42.3. The van der Waals surface area contributed by atoms with Crippen LogP contribution in [0.4, 0.5) is 0 Å². The van der Waals surface area contributed by atoms with Crippen LogP contribution in [0.3, 0.4) is 0 Å². The van der Waals surface area contributed by atoms with Crippen molar-refractivity contribution in [3.63, 3.8) is 0 Å². The molecular formula is C38H66N2O7. The van der Waals surface area contributed by atoms with E-state index in [-0.39, 0.29) is 25.0 Å². The first-order valence-electron chi connectivity index (χ1n) is 18.7. The number of hydrogen-bond acceptors (Lipinski definition) is 7. The van der Waals surface area contributed by atoms with Gasteiger partial charge in [0.15, 0.2) is 0 Å². The van der Waals surface area contributed by atoms with Crippen LogP contribution in [0.15, 0.2) is 23.8 Å². The van der Waals surface area contributed by atoms with Crippen LogP contribution in [-0.2, 0) is 33.4 Å². The maximum atomic E-state index is 12.9. The van der Waals surface area contributed by atoms with E-state index in [2.05, 4.69) is 17.6 Å². The van der Waals surface area contributed by atoms with Gasteiger partial charge in [-0.05, 0) is 32.3 Å². The Morgan fingerprint density at radius 2 is 1.28 bits per heavy atom. The molecule has 0 aromatic carbocycles. The summed E-state index contributed by atoms with van der Waals surface area (Å²) in [5.41, 5.74) is 0.389. The normalized spacial score (nSPS) is 17.8. The van der Waals surface area contributed by atoms with E-state index >= 15 is 0 Å². The van der Waals surface area contributed by atoms with Crippen LogP contribution >= 0.6 is 0 Å². The molecule has 0 heterocycles. The van der Waals surface area contributed by atoms with E-state index in [1.165, 1.54) is 90.4 Å². The zero-order valence-corrected chi connectivity index (χ0v) is 30.2. The summed E-state index contributed by atoms with van der Waals surface area (Å²) in [5, 5.41) is 5.73. The van der Waals surface area contributed by atoms with Gasteiger partial charge in [-0.15, -0.1) is 0 Å². The molecule has 0 aromatic heterocycles. The molecule has 0 fully saturated rings. The predicted molar refractivity (Wildman–Crippen MR) is 188 cm³/mol. The molecule has 2 N–H and O–H groups in total. The van der Waals surface area contributed by atoms with E-state index in [4.69, 9.17) is 14.2 Å². The number of nitrogens with one attached hydrogen (secondary N) is 2. The molecule has 0 radical (unpaired) electrons. The Kier molecular flexibility index (Phi) is 24.6. The van der Waals surface area contributed by atoms with Gasteiger partial charge in [0.05, 0.1) is 37.5 Å². The van der Waals surface area contributed by atoms with Crippen molar-refractivity contribution in [2.45, 2.75) is 181 Å². The van der Waals surface area contributed by atoms with E-state index in [0.29, 0.717) is 12.2 Å². The van der Waals surface area contributed by atoms with E-state index < -0.39 is 36.0 Å². The second kappa shape index (κ2) is 27.3. The van der Waals surface area contributed by atoms with Gasteiger partial charge in [-0.25, -0.2) is 9.59 Å². The van der Waals surface area contributed by atoms with Crippen LogP contribution in [0, 0.1) is 0 Å². The first-order valence-corrected chi connectivity index (χ1v) is 18.7. The van der Waals surface area contributed by atoms with Crippen molar-refractivity contribution in [3.05, 3.63) is 23.8 Å². The maximum absolute atomic E-state index is 12.9. The lowest BCUT2D eigenvalue weighted by Crippen LogP contribution is -2.59. The highest BCUT2D eigenvalue weighted by Gasteiger charge is 2.38. The Hall–Kier alpha value is -2.68. The number of carbonyl (C=O) groups is 4. The van der Waals surface area contributed by atoms with Crippen LogP contribution < -0.4 is 10.6 Å². The highest BCUT2D eigenvalue weighted by Crippen LogP contribution is 2.25. The molecular weight excluding hydrogens is 596 g/mol. The standard InChI is InChI=1S/C38H66N2O7/c1-6-10-11-12-13-14-15-16-17-18-19-20-21-22-23-24-27-46-36(43)26-25-35(42)40-37-33(39-30(5)41)28-31(38(44)45-9-4)29-34(37)47-32(7-2)8-3/h25-26,29,32-34,37H,6-24,27-28H2,1-5H3,(H,39,41)(H,40,42)/b26-25+/t33-,34-,37+/m0/s1. The van der Waals surface area contributed by atoms with Crippen molar-refractivity contribution in [1.82, 2.24) is 10.6 Å². The lowest BCUT2D eigenvalue weighted by molar-refractivity contribution is -0.140. The van der Waals surface area contributed by atoms with Crippen molar-refractivity contribution < 1.29 is 33.4 Å². The Morgan fingerprint density at radius 3 is 1.77 bits per heavy atom. The van der Waals surface area contributed by atoms with Crippen molar-refractivity contribution in [2.75, 3.05) is 13.2 Å². The molecule has 1 aliphatic rings. The Labute approximate surface area is 285 Å². The lowest BCUT2D eigenvalue weighted by Gasteiger charge is -2.38. The summed E-state index contributed by atoms with van der Waals surface area (Å²) in [6.07, 6.45) is 25.3. The number of carbonyl (C=O) groups excluding carboxylic acids is 4. The third kappa shape index (κ3) is 20.3. The molecule has 1 aliphatic carbocycles. The quantitative estimate of drug-likeness (QED) is 0.0523. The summed E-state index contributed by atoms with van der Waals surface area (Å²) >= 11 is 0. The molecule has 9 heteroatoms. The smallest absolute Gasteiger partial charge is 0.333 e. The highest BCUT2D eigenvalue weighted by molar-refractivity contribution is 5.95. The number of rotatable bonds is 27. The summed E-state index contributed by atoms with van der Waals surface area (Å²) in [5.74, 6) is -1.86. The Bertz CT molecular complexity index is 944. The number of esters is 2. The molecule has 2 amide bonds. The van der Waals surface area contributed by atoms with Gasteiger partial charge in [0.25, 0.3) is 0 Å². The van der Waals surface area contributed by atoms with Crippen LogP contribution in [0.1, 0.15) is 157 Å². The van der Waals surface area contributed by atoms with E-state index in [1.807, 2.05) is 13.8 Å². The van der Waals surface area contributed by atoms with Crippen LogP contribution in [0.5, 0.6) is 0 Å². The topological polar surface area (TPSA) is 120 Å². The maximum Gasteiger partial charge on any atom is 0.333 e. The zero-order valence-electron chi connectivity index (χ0n) is 30.2. The van der Waals surface area contributed by atoms with Crippen molar-refractivity contribution in [3.8, 4) is 0 Å². The second-order valence-electron chi connectivity index (χ2n) is 12.8. The predicted octanol–water partition coefficient (Wildman–Crippen LogP) is 7.80. The molecule has 9 nitrogen and oxygen atoms in total. The fourth-order valence-electron chi connectivity index (χ4n) is 5.98. The van der Waals surface area contributed by atoms with E-state index in [0.717, 1.165) is 44.3 Å². The molecule has 0 saturated heterocycles. The minimum Gasteiger partial charge on any atom is -0.463 e. The lowest BCUT2D eigenvalue weighted by atomic mass is 9.87. The minimum atomic E-state index is -0.677. The SMILES string of the molecule is CCCCCCCCCCCCCCCCCCOC(=O)/C=C/C(=O)N[C@@H]1[C@@H](NC(C)=O)CC(C(=O)OCC)=C[C@@H]1OC(CC)CC. The third-order valence-electron chi connectivity index (χ3n) is 8.70. The van der Waals surface area contributed by atoms with Crippen molar-refractivity contribution in [2.24, 2.45) is 0 Å². The fraction of sp³-hybridized carbons (Fsp3) is 0.789. The Balaban J connectivity index is 2.41. The Morgan fingerprint density at radius 1 is 0.745 bits per heavy atom.